The first-order valence-corrected chi connectivity index (χ1v) is 4.49. The van der Waals surface area contributed by atoms with E-state index in [1.54, 1.807) is 18.9 Å². The Labute approximate surface area is 82.9 Å². The molecule has 0 fully saturated rings. The molecule has 1 rings (SSSR count). The Bertz CT molecular complexity index is 274. The number of anilines is 1. The number of aliphatic hydroxyl groups excluding tert-OH is 1. The summed E-state index contributed by atoms with van der Waals surface area (Å²) in [5.74, 6) is 0.542. The van der Waals surface area contributed by atoms with E-state index in [1.807, 2.05) is 7.05 Å². The van der Waals surface area contributed by atoms with E-state index in [4.69, 9.17) is 9.52 Å². The van der Waals surface area contributed by atoms with Gasteiger partial charge >= 0.3 is 6.01 Å². The molecule has 14 heavy (non-hydrogen) atoms. The second-order valence-electron chi connectivity index (χ2n) is 3.24. The molecule has 1 unspecified atom stereocenters. The van der Waals surface area contributed by atoms with Crippen molar-refractivity contribution in [3.63, 3.8) is 0 Å². The largest absolute Gasteiger partial charge is 0.407 e. The molecular weight excluding hydrogens is 184 g/mol. The van der Waals surface area contributed by atoms with Gasteiger partial charge in [-0.15, -0.1) is 5.10 Å². The monoisotopic (exact) mass is 200 g/mol. The molecule has 6 nitrogen and oxygen atoms in total. The van der Waals surface area contributed by atoms with Gasteiger partial charge in [-0.3, -0.25) is 0 Å². The number of hydrogen-bond acceptors (Lipinski definition) is 6. The summed E-state index contributed by atoms with van der Waals surface area (Å²) in [6.07, 6.45) is -0.417. The molecule has 0 bridgehead atoms. The minimum atomic E-state index is -0.417. The maximum Gasteiger partial charge on any atom is 0.318 e. The number of nitrogens with one attached hydrogen (secondary N) is 1. The lowest BCUT2D eigenvalue weighted by Crippen LogP contribution is -2.27. The Morgan fingerprint density at radius 2 is 2.29 bits per heavy atom. The molecule has 0 aliphatic rings. The van der Waals surface area contributed by atoms with Crippen LogP contribution in [0.1, 0.15) is 12.8 Å². The fourth-order valence-corrected chi connectivity index (χ4v) is 1.10. The predicted octanol–water partition coefficient (Wildman–Crippen LogP) is -0.394. The van der Waals surface area contributed by atoms with E-state index in [1.165, 1.54) is 0 Å². The molecular formula is C8H16N4O2. The normalized spacial score (nSPS) is 12.9. The average Bonchev–Trinajstić information content (AvgIpc) is 2.52. The van der Waals surface area contributed by atoms with Crippen molar-refractivity contribution in [2.45, 2.75) is 19.6 Å². The van der Waals surface area contributed by atoms with Crippen molar-refractivity contribution in [2.75, 3.05) is 25.5 Å². The van der Waals surface area contributed by atoms with Gasteiger partial charge in [-0.05, 0) is 14.0 Å². The zero-order valence-corrected chi connectivity index (χ0v) is 8.69. The van der Waals surface area contributed by atoms with Crippen LogP contribution in [0.4, 0.5) is 6.01 Å². The van der Waals surface area contributed by atoms with Crippen LogP contribution in [0.3, 0.4) is 0 Å². The van der Waals surface area contributed by atoms with E-state index in [9.17, 15) is 0 Å². The third kappa shape index (κ3) is 2.97. The van der Waals surface area contributed by atoms with E-state index >= 15 is 0 Å². The van der Waals surface area contributed by atoms with Gasteiger partial charge in [0.05, 0.1) is 12.6 Å². The second kappa shape index (κ2) is 4.92. The van der Waals surface area contributed by atoms with Crippen molar-refractivity contribution >= 4 is 6.01 Å². The molecule has 0 aliphatic heterocycles. The van der Waals surface area contributed by atoms with Crippen LogP contribution < -0.4 is 10.2 Å². The van der Waals surface area contributed by atoms with E-state index in [2.05, 4.69) is 15.5 Å². The highest BCUT2D eigenvalue weighted by molar-refractivity contribution is 5.21. The van der Waals surface area contributed by atoms with Gasteiger partial charge in [0.2, 0.25) is 5.89 Å². The van der Waals surface area contributed by atoms with E-state index in [-0.39, 0.29) is 0 Å². The summed E-state index contributed by atoms with van der Waals surface area (Å²) in [5.41, 5.74) is 0. The molecule has 0 aliphatic carbocycles. The highest BCUT2D eigenvalue weighted by Gasteiger charge is 2.11. The van der Waals surface area contributed by atoms with Gasteiger partial charge in [-0.1, -0.05) is 5.10 Å². The van der Waals surface area contributed by atoms with Crippen molar-refractivity contribution in [3.05, 3.63) is 5.89 Å². The van der Waals surface area contributed by atoms with Crippen LogP contribution in [0.15, 0.2) is 4.42 Å². The topological polar surface area (TPSA) is 74.4 Å². The first-order valence-electron chi connectivity index (χ1n) is 4.49. The Morgan fingerprint density at radius 3 is 2.86 bits per heavy atom. The van der Waals surface area contributed by atoms with Crippen molar-refractivity contribution < 1.29 is 9.52 Å². The van der Waals surface area contributed by atoms with E-state index < -0.39 is 6.10 Å². The van der Waals surface area contributed by atoms with Crippen LogP contribution in [0.25, 0.3) is 0 Å². The molecule has 0 saturated heterocycles. The lowest BCUT2D eigenvalue weighted by molar-refractivity contribution is 0.200. The van der Waals surface area contributed by atoms with Crippen LogP contribution in [0.5, 0.6) is 0 Å². The van der Waals surface area contributed by atoms with E-state index in [0.717, 1.165) is 0 Å². The zero-order chi connectivity index (χ0) is 10.6. The third-order valence-electron chi connectivity index (χ3n) is 1.65. The minimum Gasteiger partial charge on any atom is -0.407 e. The Kier molecular flexibility index (Phi) is 3.84. The Morgan fingerprint density at radius 1 is 1.57 bits per heavy atom. The molecule has 2 N–H and O–H groups in total. The maximum atomic E-state index is 9.15. The summed E-state index contributed by atoms with van der Waals surface area (Å²) >= 11 is 0. The number of hydrogen-bond donors (Lipinski definition) is 2. The van der Waals surface area contributed by atoms with Gasteiger partial charge in [-0.25, -0.2) is 0 Å². The quantitative estimate of drug-likeness (QED) is 0.674. The lowest BCUT2D eigenvalue weighted by Gasteiger charge is -2.14. The molecule has 0 radical (unpaired) electrons. The van der Waals surface area contributed by atoms with Crippen molar-refractivity contribution in [2.24, 2.45) is 0 Å². The van der Waals surface area contributed by atoms with Gasteiger partial charge in [-0.2, -0.15) is 0 Å². The zero-order valence-electron chi connectivity index (χ0n) is 8.69. The molecule has 0 spiro atoms. The number of aromatic nitrogens is 2. The summed E-state index contributed by atoms with van der Waals surface area (Å²) < 4.78 is 5.32. The smallest absolute Gasteiger partial charge is 0.318 e. The SMILES string of the molecule is CNCc1nnc(N(C)CC(C)O)o1. The standard InChI is InChI=1S/C8H16N4O2/c1-6(13)5-12(3)8-11-10-7(14-8)4-9-2/h6,9,13H,4-5H2,1-3H3. The molecule has 1 heterocycles. The van der Waals surface area contributed by atoms with Gasteiger partial charge in [0.25, 0.3) is 0 Å². The minimum absolute atomic E-state index is 0.417. The van der Waals surface area contributed by atoms with Gasteiger partial charge in [0, 0.05) is 13.6 Å². The lowest BCUT2D eigenvalue weighted by atomic mass is 10.4. The molecule has 1 atom stereocenters. The first-order chi connectivity index (χ1) is 6.63. The summed E-state index contributed by atoms with van der Waals surface area (Å²) in [6, 6.07) is 0.427. The fourth-order valence-electron chi connectivity index (χ4n) is 1.10. The predicted molar refractivity (Wildman–Crippen MR) is 52.0 cm³/mol. The number of nitrogens with zero attached hydrogens (tertiary/aromatic N) is 3. The van der Waals surface area contributed by atoms with Crippen molar-refractivity contribution in [1.29, 1.82) is 0 Å². The van der Waals surface area contributed by atoms with Gasteiger partial charge < -0.3 is 19.7 Å². The number of aliphatic hydroxyl groups is 1. The van der Waals surface area contributed by atoms with Gasteiger partial charge in [0.1, 0.15) is 0 Å². The summed E-state index contributed by atoms with van der Waals surface area (Å²) in [5, 5.41) is 19.7. The van der Waals surface area contributed by atoms with Crippen LogP contribution in [-0.4, -0.2) is 42.0 Å². The van der Waals surface area contributed by atoms with Gasteiger partial charge in [0.15, 0.2) is 0 Å². The van der Waals surface area contributed by atoms with Crippen LogP contribution in [0.2, 0.25) is 0 Å². The molecule has 0 aromatic carbocycles. The molecule has 1 aromatic rings. The fraction of sp³-hybridized carbons (Fsp3) is 0.750. The highest BCUT2D eigenvalue weighted by atomic mass is 16.4. The number of likely N-dealkylation sites (N-methyl/N-ethyl adjacent to an activating group) is 1. The summed E-state index contributed by atoms with van der Waals surface area (Å²) in [7, 11) is 3.60. The average molecular weight is 200 g/mol. The molecule has 0 amide bonds. The molecule has 6 heteroatoms. The van der Waals surface area contributed by atoms with Crippen molar-refractivity contribution in [3.8, 4) is 0 Å². The number of rotatable bonds is 5. The second-order valence-corrected chi connectivity index (χ2v) is 3.24. The van der Waals surface area contributed by atoms with Crippen LogP contribution in [-0.2, 0) is 6.54 Å². The Hall–Kier alpha value is -1.14. The summed E-state index contributed by atoms with van der Waals surface area (Å²) in [6.45, 7) is 2.73. The van der Waals surface area contributed by atoms with Crippen molar-refractivity contribution in [1.82, 2.24) is 15.5 Å². The molecule has 1 aromatic heterocycles. The van der Waals surface area contributed by atoms with Crippen LogP contribution in [0, 0.1) is 0 Å². The van der Waals surface area contributed by atoms with E-state index in [0.29, 0.717) is 25.0 Å². The van der Waals surface area contributed by atoms with Crippen LogP contribution >= 0.6 is 0 Å². The molecule has 0 saturated carbocycles. The Balaban J connectivity index is 2.57. The first kappa shape index (κ1) is 10.9. The highest BCUT2D eigenvalue weighted by Crippen LogP contribution is 2.10. The third-order valence-corrected chi connectivity index (χ3v) is 1.65. The molecule has 80 valence electrons. The maximum absolute atomic E-state index is 9.15. The summed E-state index contributed by atoms with van der Waals surface area (Å²) in [4.78, 5) is 1.72.